The number of carbonyl (C=O) groups is 5. The first-order chi connectivity index (χ1) is 14.8. The molecule has 0 aromatic heterocycles. The number of benzene rings is 1. The van der Waals surface area contributed by atoms with Crippen LogP contribution in [0.4, 0.5) is 5.69 Å². The fourth-order valence-corrected chi connectivity index (χ4v) is 3.97. The molecule has 2 aliphatic heterocycles. The molecule has 0 saturated carbocycles. The van der Waals surface area contributed by atoms with Gasteiger partial charge >= 0.3 is 0 Å². The van der Waals surface area contributed by atoms with Crippen LogP contribution in [0, 0.1) is 0 Å². The number of likely N-dealkylation sites (tertiary alicyclic amines) is 1. The standard InChI is InChI=1S/C21H26N4O5S/c1-24(17-4-5-18(27)23-20(17)29)21(30)16-10-14(3-2-13(16)12-26)22-11-19(28)25-8-6-15(31)7-9-25/h2-3,10,12,15,17,22,31H,4-9,11H2,1H3,(H,23,27,29). The molecule has 0 spiro atoms. The number of imide groups is 1. The van der Waals surface area contributed by atoms with Crippen LogP contribution >= 0.6 is 12.6 Å². The predicted octanol–water partition coefficient (Wildman–Crippen LogP) is 0.709. The molecule has 10 heteroatoms. The van der Waals surface area contributed by atoms with Gasteiger partial charge in [0.1, 0.15) is 6.04 Å². The van der Waals surface area contributed by atoms with E-state index >= 15 is 0 Å². The number of amides is 4. The van der Waals surface area contributed by atoms with Gasteiger partial charge in [-0.3, -0.25) is 29.3 Å². The molecule has 3 rings (SSSR count). The highest BCUT2D eigenvalue weighted by molar-refractivity contribution is 7.80. The minimum Gasteiger partial charge on any atom is -0.376 e. The van der Waals surface area contributed by atoms with E-state index in [1.54, 1.807) is 11.0 Å². The maximum Gasteiger partial charge on any atom is 0.255 e. The summed E-state index contributed by atoms with van der Waals surface area (Å²) in [6.45, 7) is 1.40. The number of carbonyl (C=O) groups excluding carboxylic acids is 5. The summed E-state index contributed by atoms with van der Waals surface area (Å²) in [6, 6.07) is 3.83. The third kappa shape index (κ3) is 5.43. The number of piperidine rings is 2. The fourth-order valence-electron chi connectivity index (χ4n) is 3.74. The summed E-state index contributed by atoms with van der Waals surface area (Å²) in [5.74, 6) is -1.47. The van der Waals surface area contributed by atoms with Crippen molar-refractivity contribution in [2.24, 2.45) is 0 Å². The van der Waals surface area contributed by atoms with Crippen molar-refractivity contribution in [1.29, 1.82) is 0 Å². The topological polar surface area (TPSA) is 116 Å². The van der Waals surface area contributed by atoms with Gasteiger partial charge in [0.2, 0.25) is 17.7 Å². The van der Waals surface area contributed by atoms with Crippen molar-refractivity contribution in [3.05, 3.63) is 29.3 Å². The number of nitrogens with one attached hydrogen (secondary N) is 2. The number of hydrogen-bond donors (Lipinski definition) is 3. The van der Waals surface area contributed by atoms with Gasteiger partial charge in [-0.15, -0.1) is 0 Å². The smallest absolute Gasteiger partial charge is 0.255 e. The van der Waals surface area contributed by atoms with Crippen molar-refractivity contribution in [2.75, 3.05) is 32.0 Å². The van der Waals surface area contributed by atoms with Crippen molar-refractivity contribution in [2.45, 2.75) is 37.0 Å². The third-order valence-corrected chi connectivity index (χ3v) is 6.19. The van der Waals surface area contributed by atoms with E-state index in [4.69, 9.17) is 0 Å². The second kappa shape index (κ2) is 9.95. The number of likely N-dealkylation sites (N-methyl/N-ethyl adjacent to an activating group) is 1. The molecule has 2 fully saturated rings. The molecule has 1 aromatic carbocycles. The van der Waals surface area contributed by atoms with Crippen molar-refractivity contribution in [3.8, 4) is 0 Å². The minimum absolute atomic E-state index is 0.0479. The van der Waals surface area contributed by atoms with Crippen LogP contribution in [0.2, 0.25) is 0 Å². The zero-order valence-corrected chi connectivity index (χ0v) is 18.2. The molecule has 2 heterocycles. The summed E-state index contributed by atoms with van der Waals surface area (Å²) in [5, 5.41) is 5.56. The highest BCUT2D eigenvalue weighted by Crippen LogP contribution is 2.20. The van der Waals surface area contributed by atoms with Gasteiger partial charge in [-0.05, 0) is 37.5 Å². The quantitative estimate of drug-likeness (QED) is 0.337. The number of anilines is 1. The molecule has 0 aliphatic carbocycles. The molecule has 0 bridgehead atoms. The molecule has 31 heavy (non-hydrogen) atoms. The van der Waals surface area contributed by atoms with Crippen LogP contribution in [0.15, 0.2) is 18.2 Å². The van der Waals surface area contributed by atoms with Gasteiger partial charge in [0.15, 0.2) is 6.29 Å². The van der Waals surface area contributed by atoms with Gasteiger partial charge in [0, 0.05) is 43.1 Å². The van der Waals surface area contributed by atoms with Gasteiger partial charge in [0.05, 0.1) is 12.1 Å². The van der Waals surface area contributed by atoms with Crippen LogP contribution in [-0.4, -0.2) is 77.7 Å². The van der Waals surface area contributed by atoms with Crippen LogP contribution in [0.1, 0.15) is 46.4 Å². The Morgan fingerprint density at radius 2 is 1.97 bits per heavy atom. The first kappa shape index (κ1) is 22.8. The summed E-state index contributed by atoms with van der Waals surface area (Å²) in [6.07, 6.45) is 2.64. The Morgan fingerprint density at radius 1 is 1.26 bits per heavy atom. The molecular formula is C21H26N4O5S. The average Bonchev–Trinajstić information content (AvgIpc) is 2.76. The highest BCUT2D eigenvalue weighted by atomic mass is 32.1. The lowest BCUT2D eigenvalue weighted by molar-refractivity contribution is -0.136. The lowest BCUT2D eigenvalue weighted by Gasteiger charge is -2.30. The Morgan fingerprint density at radius 3 is 2.61 bits per heavy atom. The van der Waals surface area contributed by atoms with Gasteiger partial charge in [-0.1, -0.05) is 0 Å². The Bertz CT molecular complexity index is 898. The molecule has 1 atom stereocenters. The molecule has 4 amide bonds. The van der Waals surface area contributed by atoms with Crippen LogP contribution < -0.4 is 10.6 Å². The Labute approximate surface area is 185 Å². The van der Waals surface area contributed by atoms with E-state index in [1.807, 2.05) is 0 Å². The van der Waals surface area contributed by atoms with Crippen molar-refractivity contribution in [3.63, 3.8) is 0 Å². The molecule has 2 aliphatic rings. The second-order valence-corrected chi connectivity index (χ2v) is 8.50. The summed E-state index contributed by atoms with van der Waals surface area (Å²) < 4.78 is 0. The van der Waals surface area contributed by atoms with Crippen molar-refractivity contribution >= 4 is 48.2 Å². The Hall–Kier alpha value is -2.88. The maximum atomic E-state index is 13.0. The van der Waals surface area contributed by atoms with Crippen LogP contribution in [0.3, 0.4) is 0 Å². The zero-order valence-electron chi connectivity index (χ0n) is 17.3. The van der Waals surface area contributed by atoms with Gasteiger partial charge < -0.3 is 15.1 Å². The number of thiol groups is 1. The summed E-state index contributed by atoms with van der Waals surface area (Å²) >= 11 is 4.43. The Balaban J connectivity index is 1.69. The zero-order chi connectivity index (χ0) is 22.5. The molecule has 1 aromatic rings. The van der Waals surface area contributed by atoms with Crippen LogP contribution in [-0.2, 0) is 14.4 Å². The van der Waals surface area contributed by atoms with Gasteiger partial charge in [-0.2, -0.15) is 12.6 Å². The van der Waals surface area contributed by atoms with E-state index in [1.165, 1.54) is 24.1 Å². The molecule has 2 N–H and O–H groups in total. The van der Waals surface area contributed by atoms with E-state index in [9.17, 15) is 24.0 Å². The SMILES string of the molecule is CN(C(=O)c1cc(NCC(=O)N2CCC(S)CC2)ccc1C=O)C1CCC(=O)NC1=O. The maximum absolute atomic E-state index is 13.0. The first-order valence-corrected chi connectivity index (χ1v) is 10.7. The molecular weight excluding hydrogens is 420 g/mol. The fraction of sp³-hybridized carbons (Fsp3) is 0.476. The molecule has 9 nitrogen and oxygen atoms in total. The predicted molar refractivity (Wildman–Crippen MR) is 117 cm³/mol. The number of rotatable bonds is 6. The highest BCUT2D eigenvalue weighted by Gasteiger charge is 2.33. The summed E-state index contributed by atoms with van der Waals surface area (Å²) in [5.41, 5.74) is 0.815. The summed E-state index contributed by atoms with van der Waals surface area (Å²) in [4.78, 5) is 63.4. The molecule has 0 radical (unpaired) electrons. The second-order valence-electron chi connectivity index (χ2n) is 7.77. The lowest BCUT2D eigenvalue weighted by atomic mass is 10.0. The third-order valence-electron chi connectivity index (χ3n) is 5.67. The largest absolute Gasteiger partial charge is 0.376 e. The molecule has 1 unspecified atom stereocenters. The van der Waals surface area contributed by atoms with E-state index in [0.717, 1.165) is 12.8 Å². The Kier molecular flexibility index (Phi) is 7.32. The number of nitrogens with zero attached hydrogens (tertiary/aromatic N) is 2. The lowest BCUT2D eigenvalue weighted by Crippen LogP contribution is -2.53. The van der Waals surface area contributed by atoms with E-state index < -0.39 is 17.9 Å². The normalized spacial score (nSPS) is 19.5. The number of aldehydes is 1. The van der Waals surface area contributed by atoms with Crippen molar-refractivity contribution < 1.29 is 24.0 Å². The van der Waals surface area contributed by atoms with Gasteiger partial charge in [0.25, 0.3) is 5.91 Å². The van der Waals surface area contributed by atoms with E-state index in [-0.39, 0.29) is 42.3 Å². The number of hydrogen-bond acceptors (Lipinski definition) is 7. The van der Waals surface area contributed by atoms with Crippen LogP contribution in [0.25, 0.3) is 0 Å². The minimum atomic E-state index is -0.794. The average molecular weight is 447 g/mol. The molecule has 166 valence electrons. The van der Waals surface area contributed by atoms with E-state index in [2.05, 4.69) is 23.3 Å². The first-order valence-electron chi connectivity index (χ1n) is 10.2. The molecule has 2 saturated heterocycles. The monoisotopic (exact) mass is 446 g/mol. The van der Waals surface area contributed by atoms with Gasteiger partial charge in [-0.25, -0.2) is 0 Å². The van der Waals surface area contributed by atoms with E-state index in [0.29, 0.717) is 30.3 Å². The van der Waals surface area contributed by atoms with Crippen LogP contribution in [0.5, 0.6) is 0 Å². The summed E-state index contributed by atoms with van der Waals surface area (Å²) in [7, 11) is 1.46. The van der Waals surface area contributed by atoms with Crippen molar-refractivity contribution in [1.82, 2.24) is 15.1 Å².